The molecule has 0 aromatic heterocycles. The first kappa shape index (κ1) is 7.57. The van der Waals surface area contributed by atoms with Crippen molar-refractivity contribution in [3.8, 4) is 22.3 Å². The van der Waals surface area contributed by atoms with Gasteiger partial charge in [-0.1, -0.05) is 49.6 Å². The second-order valence-corrected chi connectivity index (χ2v) is 3.68. The number of fused-ring (bicyclic) bond motifs is 4. The van der Waals surface area contributed by atoms with Crippen molar-refractivity contribution in [3.05, 3.63) is 46.8 Å². The molecule has 2 aromatic carbocycles. The SMILES string of the molecule is C=c1ccc(=C)c2c1-c1ccccc1-2. The summed E-state index contributed by atoms with van der Waals surface area (Å²) in [5, 5.41) is 2.21. The van der Waals surface area contributed by atoms with Gasteiger partial charge in [0.25, 0.3) is 0 Å². The Hall–Kier alpha value is -1.82. The predicted octanol–water partition coefficient (Wildman–Crippen LogP) is 2.15. The summed E-state index contributed by atoms with van der Waals surface area (Å²) in [4.78, 5) is 0. The Morgan fingerprint density at radius 3 is 1.50 bits per heavy atom. The second-order valence-electron chi connectivity index (χ2n) is 3.68. The van der Waals surface area contributed by atoms with Gasteiger partial charge in [-0.15, -0.1) is 0 Å². The van der Waals surface area contributed by atoms with Gasteiger partial charge in [0.05, 0.1) is 0 Å². The van der Waals surface area contributed by atoms with Crippen molar-refractivity contribution in [3.63, 3.8) is 0 Å². The van der Waals surface area contributed by atoms with Crippen LogP contribution in [-0.4, -0.2) is 0 Å². The monoisotopic (exact) mass is 178 g/mol. The highest BCUT2D eigenvalue weighted by atomic mass is 14.2. The van der Waals surface area contributed by atoms with E-state index in [1.54, 1.807) is 0 Å². The molecule has 0 saturated carbocycles. The van der Waals surface area contributed by atoms with Crippen LogP contribution in [0, 0.1) is 0 Å². The molecule has 0 radical (unpaired) electrons. The van der Waals surface area contributed by atoms with Crippen molar-refractivity contribution >= 4 is 13.2 Å². The van der Waals surface area contributed by atoms with Gasteiger partial charge in [0.1, 0.15) is 0 Å². The van der Waals surface area contributed by atoms with Crippen molar-refractivity contribution in [2.24, 2.45) is 0 Å². The number of hydrogen-bond donors (Lipinski definition) is 0. The molecule has 0 N–H and O–H groups in total. The zero-order valence-corrected chi connectivity index (χ0v) is 7.88. The van der Waals surface area contributed by atoms with Crippen molar-refractivity contribution in [2.75, 3.05) is 0 Å². The normalized spacial score (nSPS) is 11.4. The minimum atomic E-state index is 1.10. The van der Waals surface area contributed by atoms with Gasteiger partial charge in [-0.3, -0.25) is 0 Å². The Balaban J connectivity index is 2.49. The highest BCUT2D eigenvalue weighted by molar-refractivity contribution is 6.02. The second kappa shape index (κ2) is 2.36. The maximum absolute atomic E-state index is 4.04. The van der Waals surface area contributed by atoms with E-state index in [-0.39, 0.29) is 0 Å². The molecule has 1 aliphatic carbocycles. The van der Waals surface area contributed by atoms with Gasteiger partial charge < -0.3 is 0 Å². The quantitative estimate of drug-likeness (QED) is 0.495. The lowest BCUT2D eigenvalue weighted by Gasteiger charge is -2.24. The largest absolute Gasteiger partial charge is 0.0911 e. The average Bonchev–Trinajstić information content (AvgIpc) is 2.16. The van der Waals surface area contributed by atoms with Crippen LogP contribution in [0.2, 0.25) is 0 Å². The lowest BCUT2D eigenvalue weighted by molar-refractivity contribution is 1.45. The van der Waals surface area contributed by atoms with E-state index in [4.69, 9.17) is 0 Å². The fourth-order valence-electron chi connectivity index (χ4n) is 2.16. The third-order valence-electron chi connectivity index (χ3n) is 2.84. The van der Waals surface area contributed by atoms with E-state index in [1.807, 2.05) is 12.1 Å². The van der Waals surface area contributed by atoms with Gasteiger partial charge >= 0.3 is 0 Å². The van der Waals surface area contributed by atoms with Crippen LogP contribution in [-0.2, 0) is 0 Å². The van der Waals surface area contributed by atoms with Crippen molar-refractivity contribution in [2.45, 2.75) is 0 Å². The maximum Gasteiger partial charge on any atom is -0.00265 e. The van der Waals surface area contributed by atoms with Crippen LogP contribution in [0.1, 0.15) is 0 Å². The molecule has 1 aliphatic rings. The first-order valence-electron chi connectivity index (χ1n) is 4.70. The third kappa shape index (κ3) is 0.734. The fraction of sp³-hybridized carbons (Fsp3) is 0. The van der Waals surface area contributed by atoms with Crippen LogP contribution in [0.25, 0.3) is 35.4 Å². The number of rotatable bonds is 0. The number of hydrogen-bond acceptors (Lipinski definition) is 0. The molecule has 0 saturated heterocycles. The molecule has 14 heavy (non-hydrogen) atoms. The van der Waals surface area contributed by atoms with E-state index in [1.165, 1.54) is 22.3 Å². The summed E-state index contributed by atoms with van der Waals surface area (Å²) in [7, 11) is 0. The summed E-state index contributed by atoms with van der Waals surface area (Å²) < 4.78 is 0. The summed E-state index contributed by atoms with van der Waals surface area (Å²) in [5.74, 6) is 0. The van der Waals surface area contributed by atoms with Gasteiger partial charge in [-0.2, -0.15) is 0 Å². The average molecular weight is 178 g/mol. The fourth-order valence-corrected chi connectivity index (χ4v) is 2.16. The summed E-state index contributed by atoms with van der Waals surface area (Å²) in [6.07, 6.45) is 0. The summed E-state index contributed by atoms with van der Waals surface area (Å²) >= 11 is 0. The van der Waals surface area contributed by atoms with Crippen molar-refractivity contribution in [1.82, 2.24) is 0 Å². The molecule has 0 heterocycles. The Bertz CT molecular complexity index is 565. The first-order chi connectivity index (χ1) is 6.79. The van der Waals surface area contributed by atoms with E-state index >= 15 is 0 Å². The maximum atomic E-state index is 4.04. The molecule has 0 spiro atoms. The van der Waals surface area contributed by atoms with E-state index in [9.17, 15) is 0 Å². The standard InChI is InChI=1S/C14H10/c1-9-7-8-10(2)14-12-6-4-3-5-11(12)13(9)14/h3-8H,1-2H2. The molecule has 0 unspecified atom stereocenters. The van der Waals surface area contributed by atoms with Gasteiger partial charge in [-0.25, -0.2) is 0 Å². The van der Waals surface area contributed by atoms with Gasteiger partial charge in [0, 0.05) is 0 Å². The van der Waals surface area contributed by atoms with Crippen LogP contribution in [0.4, 0.5) is 0 Å². The Morgan fingerprint density at radius 2 is 1.07 bits per heavy atom. The Labute approximate surface area is 82.8 Å². The highest BCUT2D eigenvalue weighted by Gasteiger charge is 2.22. The highest BCUT2D eigenvalue weighted by Crippen LogP contribution is 2.41. The molecule has 0 amide bonds. The lowest BCUT2D eigenvalue weighted by atomic mass is 9.79. The third-order valence-corrected chi connectivity index (χ3v) is 2.84. The van der Waals surface area contributed by atoms with Crippen molar-refractivity contribution < 1.29 is 0 Å². The Morgan fingerprint density at radius 1 is 0.643 bits per heavy atom. The molecule has 0 atom stereocenters. The molecule has 3 rings (SSSR count). The van der Waals surface area contributed by atoms with E-state index in [0.29, 0.717) is 0 Å². The van der Waals surface area contributed by atoms with Crippen molar-refractivity contribution in [1.29, 1.82) is 0 Å². The van der Waals surface area contributed by atoms with E-state index in [0.717, 1.165) is 10.4 Å². The number of benzene rings is 2. The van der Waals surface area contributed by atoms with Crippen LogP contribution < -0.4 is 10.4 Å². The van der Waals surface area contributed by atoms with Gasteiger partial charge in [0.15, 0.2) is 0 Å². The molecular weight excluding hydrogens is 168 g/mol. The smallest absolute Gasteiger partial charge is 0.00265 e. The van der Waals surface area contributed by atoms with Crippen LogP contribution in [0.15, 0.2) is 36.4 Å². The Kier molecular flexibility index (Phi) is 1.27. The van der Waals surface area contributed by atoms with E-state index < -0.39 is 0 Å². The molecule has 2 aromatic rings. The molecule has 0 aliphatic heterocycles. The van der Waals surface area contributed by atoms with Gasteiger partial charge in [0.2, 0.25) is 0 Å². The summed E-state index contributed by atoms with van der Waals surface area (Å²) in [5.41, 5.74) is 5.21. The minimum Gasteiger partial charge on any atom is -0.0911 e. The minimum absolute atomic E-state index is 1.10. The molecule has 66 valence electrons. The van der Waals surface area contributed by atoms with Crippen LogP contribution in [0.5, 0.6) is 0 Å². The molecular formula is C14H10. The van der Waals surface area contributed by atoms with Crippen LogP contribution in [0.3, 0.4) is 0 Å². The summed E-state index contributed by atoms with van der Waals surface area (Å²) in [6.45, 7) is 8.09. The van der Waals surface area contributed by atoms with E-state index in [2.05, 4.69) is 37.4 Å². The predicted molar refractivity (Wildman–Crippen MR) is 61.2 cm³/mol. The first-order valence-corrected chi connectivity index (χ1v) is 4.70. The zero-order chi connectivity index (χ0) is 9.71. The van der Waals surface area contributed by atoms with Gasteiger partial charge in [-0.05, 0) is 32.7 Å². The lowest BCUT2D eigenvalue weighted by Crippen LogP contribution is -2.20. The topological polar surface area (TPSA) is 0 Å². The summed E-state index contributed by atoms with van der Waals surface area (Å²) in [6, 6.07) is 12.5. The zero-order valence-electron chi connectivity index (χ0n) is 7.88. The molecule has 0 bridgehead atoms. The molecule has 0 fully saturated rings. The van der Waals surface area contributed by atoms with Crippen LogP contribution >= 0.6 is 0 Å². The molecule has 0 nitrogen and oxygen atoms in total. The molecule has 0 heteroatoms.